The van der Waals surface area contributed by atoms with Crippen molar-refractivity contribution in [3.8, 4) is 5.13 Å². The fraction of sp³-hybridized carbons (Fsp3) is 0.240. The van der Waals surface area contributed by atoms with Gasteiger partial charge in [0.1, 0.15) is 4.88 Å². The van der Waals surface area contributed by atoms with Gasteiger partial charge in [-0.05, 0) is 57.9 Å². The molecule has 0 atom stereocenters. The first kappa shape index (κ1) is 21.0. The van der Waals surface area contributed by atoms with E-state index in [0.29, 0.717) is 15.7 Å². The fourth-order valence-electron chi connectivity index (χ4n) is 3.62. The SMILES string of the molecule is Cc1ccc(Cc2c(C)nn(-c3nc(C)c(C(=O)Nc4cccc(C)c4)s3)c2C)cc1. The minimum absolute atomic E-state index is 0.145. The number of carbonyl (C=O) groups is 1. The highest BCUT2D eigenvalue weighted by molar-refractivity contribution is 7.16. The predicted molar refractivity (Wildman–Crippen MR) is 127 cm³/mol. The summed E-state index contributed by atoms with van der Waals surface area (Å²) in [4.78, 5) is 18.1. The van der Waals surface area contributed by atoms with E-state index in [1.165, 1.54) is 28.0 Å². The van der Waals surface area contributed by atoms with Gasteiger partial charge in [0, 0.05) is 23.4 Å². The van der Waals surface area contributed by atoms with Crippen LogP contribution in [0.25, 0.3) is 5.13 Å². The number of amides is 1. The Bertz CT molecular complexity index is 1250. The van der Waals surface area contributed by atoms with E-state index in [0.717, 1.165) is 29.1 Å². The van der Waals surface area contributed by atoms with E-state index in [9.17, 15) is 4.79 Å². The lowest BCUT2D eigenvalue weighted by Crippen LogP contribution is -2.11. The Labute approximate surface area is 186 Å². The van der Waals surface area contributed by atoms with Crippen molar-refractivity contribution >= 4 is 22.9 Å². The van der Waals surface area contributed by atoms with E-state index >= 15 is 0 Å². The number of hydrogen-bond donors (Lipinski definition) is 1. The number of anilines is 1. The lowest BCUT2D eigenvalue weighted by Gasteiger charge is -2.05. The molecule has 0 radical (unpaired) electrons. The summed E-state index contributed by atoms with van der Waals surface area (Å²) >= 11 is 1.37. The predicted octanol–water partition coefficient (Wildman–Crippen LogP) is 5.71. The Morgan fingerprint density at radius 1 is 0.968 bits per heavy atom. The maximum absolute atomic E-state index is 12.8. The minimum Gasteiger partial charge on any atom is -0.321 e. The molecular weight excluding hydrogens is 404 g/mol. The molecule has 0 spiro atoms. The number of nitrogens with zero attached hydrogens (tertiary/aromatic N) is 3. The van der Waals surface area contributed by atoms with Crippen LogP contribution in [-0.4, -0.2) is 20.7 Å². The minimum atomic E-state index is -0.145. The Balaban J connectivity index is 1.60. The van der Waals surface area contributed by atoms with Gasteiger partial charge in [-0.15, -0.1) is 0 Å². The van der Waals surface area contributed by atoms with E-state index in [2.05, 4.69) is 48.4 Å². The molecule has 4 aromatic rings. The van der Waals surface area contributed by atoms with Crippen LogP contribution in [0.5, 0.6) is 0 Å². The highest BCUT2D eigenvalue weighted by atomic mass is 32.1. The number of rotatable bonds is 5. The van der Waals surface area contributed by atoms with Crippen molar-refractivity contribution in [3.05, 3.63) is 92.7 Å². The number of carbonyl (C=O) groups excluding carboxylic acids is 1. The first-order valence-corrected chi connectivity index (χ1v) is 11.1. The van der Waals surface area contributed by atoms with Crippen molar-refractivity contribution in [3.63, 3.8) is 0 Å². The number of aromatic nitrogens is 3. The molecule has 0 bridgehead atoms. The highest BCUT2D eigenvalue weighted by Gasteiger charge is 2.20. The van der Waals surface area contributed by atoms with E-state index in [1.54, 1.807) is 0 Å². The Hall–Kier alpha value is -3.25. The van der Waals surface area contributed by atoms with Gasteiger partial charge in [0.05, 0.1) is 11.4 Å². The largest absolute Gasteiger partial charge is 0.321 e. The molecule has 2 heterocycles. The molecule has 0 unspecified atom stereocenters. The van der Waals surface area contributed by atoms with Gasteiger partial charge in [0.2, 0.25) is 5.13 Å². The molecule has 2 aromatic heterocycles. The molecule has 5 nitrogen and oxygen atoms in total. The Morgan fingerprint density at radius 3 is 2.42 bits per heavy atom. The van der Waals surface area contributed by atoms with Gasteiger partial charge in [0.25, 0.3) is 5.91 Å². The van der Waals surface area contributed by atoms with E-state index in [1.807, 2.05) is 49.7 Å². The van der Waals surface area contributed by atoms with Gasteiger partial charge < -0.3 is 5.32 Å². The Kier molecular flexibility index (Phi) is 5.74. The zero-order valence-corrected chi connectivity index (χ0v) is 19.3. The maximum atomic E-state index is 12.8. The standard InChI is InChI=1S/C25H26N4OS/c1-15-9-11-20(12-10-15)14-22-17(3)28-29(19(22)5)25-26-18(4)23(31-25)24(30)27-21-8-6-7-16(2)13-21/h6-13H,14H2,1-5H3,(H,27,30). The molecule has 6 heteroatoms. The van der Waals surface area contributed by atoms with Crippen molar-refractivity contribution in [1.29, 1.82) is 0 Å². The molecule has 0 aliphatic rings. The van der Waals surface area contributed by atoms with Crippen LogP contribution >= 0.6 is 11.3 Å². The molecule has 0 aliphatic heterocycles. The average molecular weight is 431 g/mol. The summed E-state index contributed by atoms with van der Waals surface area (Å²) in [6, 6.07) is 16.4. The van der Waals surface area contributed by atoms with Crippen LogP contribution < -0.4 is 5.32 Å². The topological polar surface area (TPSA) is 59.8 Å². The summed E-state index contributed by atoms with van der Waals surface area (Å²) in [6.45, 7) is 10.0. The number of benzene rings is 2. The third-order valence-electron chi connectivity index (χ3n) is 5.39. The lowest BCUT2D eigenvalue weighted by molar-refractivity contribution is 0.103. The first-order chi connectivity index (χ1) is 14.8. The van der Waals surface area contributed by atoms with Crippen molar-refractivity contribution in [2.45, 2.75) is 41.0 Å². The van der Waals surface area contributed by atoms with Crippen molar-refractivity contribution in [2.24, 2.45) is 0 Å². The van der Waals surface area contributed by atoms with Crippen LogP contribution in [0.1, 0.15) is 49.0 Å². The van der Waals surface area contributed by atoms with Gasteiger partial charge >= 0.3 is 0 Å². The maximum Gasteiger partial charge on any atom is 0.267 e. The van der Waals surface area contributed by atoms with Crippen LogP contribution in [0.3, 0.4) is 0 Å². The van der Waals surface area contributed by atoms with Gasteiger partial charge in [-0.1, -0.05) is 53.3 Å². The Morgan fingerprint density at radius 2 is 1.71 bits per heavy atom. The molecule has 0 fully saturated rings. The normalized spacial score (nSPS) is 11.0. The summed E-state index contributed by atoms with van der Waals surface area (Å²) in [5.41, 5.74) is 8.33. The van der Waals surface area contributed by atoms with Gasteiger partial charge in [0.15, 0.2) is 0 Å². The number of thiazole rings is 1. The zero-order chi connectivity index (χ0) is 22.1. The highest BCUT2D eigenvalue weighted by Crippen LogP contribution is 2.27. The van der Waals surface area contributed by atoms with E-state index < -0.39 is 0 Å². The number of aryl methyl sites for hydroxylation is 4. The van der Waals surface area contributed by atoms with Crippen LogP contribution in [0, 0.1) is 34.6 Å². The van der Waals surface area contributed by atoms with Crippen molar-refractivity contribution < 1.29 is 4.79 Å². The first-order valence-electron chi connectivity index (χ1n) is 10.3. The quantitative estimate of drug-likeness (QED) is 0.441. The van der Waals surface area contributed by atoms with Crippen LogP contribution in [0.4, 0.5) is 5.69 Å². The number of hydrogen-bond acceptors (Lipinski definition) is 4. The molecule has 0 saturated heterocycles. The molecule has 1 N–H and O–H groups in total. The van der Waals surface area contributed by atoms with Gasteiger partial charge in [-0.25, -0.2) is 9.67 Å². The van der Waals surface area contributed by atoms with E-state index in [-0.39, 0.29) is 5.91 Å². The van der Waals surface area contributed by atoms with Crippen molar-refractivity contribution in [1.82, 2.24) is 14.8 Å². The summed E-state index contributed by atoms with van der Waals surface area (Å²) in [5, 5.41) is 8.42. The summed E-state index contributed by atoms with van der Waals surface area (Å²) < 4.78 is 1.86. The fourth-order valence-corrected chi connectivity index (χ4v) is 4.59. The summed E-state index contributed by atoms with van der Waals surface area (Å²) in [6.07, 6.45) is 0.822. The van der Waals surface area contributed by atoms with Crippen LogP contribution in [0.15, 0.2) is 48.5 Å². The molecule has 31 heavy (non-hydrogen) atoms. The molecule has 4 rings (SSSR count). The van der Waals surface area contributed by atoms with E-state index in [4.69, 9.17) is 5.10 Å². The second-order valence-electron chi connectivity index (χ2n) is 7.96. The van der Waals surface area contributed by atoms with Crippen molar-refractivity contribution in [2.75, 3.05) is 5.32 Å². The lowest BCUT2D eigenvalue weighted by atomic mass is 10.0. The molecular formula is C25H26N4OS. The van der Waals surface area contributed by atoms with Gasteiger partial charge in [-0.2, -0.15) is 5.10 Å². The average Bonchev–Trinajstić information content (AvgIpc) is 3.24. The monoisotopic (exact) mass is 430 g/mol. The summed E-state index contributed by atoms with van der Waals surface area (Å²) in [7, 11) is 0. The van der Waals surface area contributed by atoms with Crippen LogP contribution in [0.2, 0.25) is 0 Å². The van der Waals surface area contributed by atoms with Gasteiger partial charge in [-0.3, -0.25) is 4.79 Å². The zero-order valence-electron chi connectivity index (χ0n) is 18.5. The third-order valence-corrected chi connectivity index (χ3v) is 6.52. The molecule has 0 saturated carbocycles. The molecule has 158 valence electrons. The summed E-state index contributed by atoms with van der Waals surface area (Å²) in [5.74, 6) is -0.145. The smallest absolute Gasteiger partial charge is 0.267 e. The second kappa shape index (κ2) is 8.47. The van der Waals surface area contributed by atoms with Crippen LogP contribution in [-0.2, 0) is 6.42 Å². The molecule has 2 aromatic carbocycles. The second-order valence-corrected chi connectivity index (χ2v) is 8.94. The molecule has 0 aliphatic carbocycles. The number of nitrogens with one attached hydrogen (secondary N) is 1. The molecule has 1 amide bonds. The third kappa shape index (κ3) is 4.44.